The Balaban J connectivity index is 2.99. The predicted octanol–water partition coefficient (Wildman–Crippen LogP) is 2.63. The SMILES string of the molecule is [N-]=[N+]=Nc1ccc(C=N)cc1. The van der Waals surface area contributed by atoms with Crippen molar-refractivity contribution in [2.75, 3.05) is 0 Å². The van der Waals surface area contributed by atoms with Gasteiger partial charge < -0.3 is 5.41 Å². The van der Waals surface area contributed by atoms with Gasteiger partial charge in [-0.15, -0.1) is 0 Å². The van der Waals surface area contributed by atoms with Crippen LogP contribution in [0, 0.1) is 5.41 Å². The second-order valence-electron chi connectivity index (χ2n) is 1.93. The molecule has 0 saturated carbocycles. The molecule has 4 nitrogen and oxygen atoms in total. The molecule has 1 aromatic carbocycles. The molecule has 0 amide bonds. The number of nitrogens with zero attached hydrogens (tertiary/aromatic N) is 3. The molecule has 0 bridgehead atoms. The van der Waals surface area contributed by atoms with Crippen molar-refractivity contribution < 1.29 is 0 Å². The summed E-state index contributed by atoms with van der Waals surface area (Å²) in [6.07, 6.45) is 1.24. The van der Waals surface area contributed by atoms with Gasteiger partial charge in [-0.2, -0.15) is 0 Å². The van der Waals surface area contributed by atoms with Crippen LogP contribution < -0.4 is 0 Å². The van der Waals surface area contributed by atoms with Crippen LogP contribution >= 0.6 is 0 Å². The summed E-state index contributed by atoms with van der Waals surface area (Å²) in [4.78, 5) is 2.63. The van der Waals surface area contributed by atoms with E-state index in [9.17, 15) is 0 Å². The highest BCUT2D eigenvalue weighted by atomic mass is 15.1. The van der Waals surface area contributed by atoms with Crippen molar-refractivity contribution in [1.29, 1.82) is 5.41 Å². The topological polar surface area (TPSA) is 72.6 Å². The van der Waals surface area contributed by atoms with E-state index in [1.165, 1.54) is 6.21 Å². The second-order valence-corrected chi connectivity index (χ2v) is 1.93. The standard InChI is InChI=1S/C7H6N4/c8-5-6-1-3-7(4-2-6)10-11-9/h1-5,8H. The fourth-order valence-corrected chi connectivity index (χ4v) is 0.689. The van der Waals surface area contributed by atoms with E-state index in [0.717, 1.165) is 5.56 Å². The first-order valence-electron chi connectivity index (χ1n) is 3.02. The summed E-state index contributed by atoms with van der Waals surface area (Å²) in [6, 6.07) is 6.77. The lowest BCUT2D eigenvalue weighted by atomic mass is 10.2. The van der Waals surface area contributed by atoms with E-state index in [-0.39, 0.29) is 0 Å². The Morgan fingerprint density at radius 3 is 2.45 bits per heavy atom. The molecule has 0 radical (unpaired) electrons. The predicted molar refractivity (Wildman–Crippen MR) is 43.1 cm³/mol. The molecule has 0 aliphatic rings. The van der Waals surface area contributed by atoms with E-state index >= 15 is 0 Å². The van der Waals surface area contributed by atoms with E-state index < -0.39 is 0 Å². The summed E-state index contributed by atoms with van der Waals surface area (Å²) in [5.41, 5.74) is 9.42. The molecule has 0 fully saturated rings. The van der Waals surface area contributed by atoms with E-state index in [1.807, 2.05) is 0 Å². The largest absolute Gasteiger partial charge is 0.308 e. The van der Waals surface area contributed by atoms with Gasteiger partial charge in [0.05, 0.1) is 0 Å². The monoisotopic (exact) mass is 146 g/mol. The number of hydrogen-bond acceptors (Lipinski definition) is 2. The highest BCUT2D eigenvalue weighted by molar-refractivity contribution is 5.77. The van der Waals surface area contributed by atoms with Gasteiger partial charge in [0.15, 0.2) is 0 Å². The Kier molecular flexibility index (Phi) is 2.25. The van der Waals surface area contributed by atoms with Crippen molar-refractivity contribution in [2.45, 2.75) is 0 Å². The lowest BCUT2D eigenvalue weighted by Crippen LogP contribution is -1.74. The quantitative estimate of drug-likeness (QED) is 0.288. The number of azide groups is 1. The highest BCUT2D eigenvalue weighted by Gasteiger charge is 1.86. The Labute approximate surface area is 63.6 Å². The van der Waals surface area contributed by atoms with Crippen molar-refractivity contribution in [3.63, 3.8) is 0 Å². The molecule has 0 unspecified atom stereocenters. The normalized spacial score (nSPS) is 8.36. The van der Waals surface area contributed by atoms with Crippen LogP contribution in [0.25, 0.3) is 10.4 Å². The molecular formula is C7H6N4. The van der Waals surface area contributed by atoms with Gasteiger partial charge in [-0.25, -0.2) is 0 Å². The zero-order chi connectivity index (χ0) is 8.10. The first kappa shape index (κ1) is 7.31. The van der Waals surface area contributed by atoms with Crippen LogP contribution in [0.1, 0.15) is 5.56 Å². The van der Waals surface area contributed by atoms with Crippen LogP contribution in [0.3, 0.4) is 0 Å². The molecule has 1 aromatic rings. The molecular weight excluding hydrogens is 140 g/mol. The molecule has 4 heteroatoms. The van der Waals surface area contributed by atoms with E-state index in [0.29, 0.717) is 5.69 Å². The van der Waals surface area contributed by atoms with E-state index in [1.54, 1.807) is 24.3 Å². The average Bonchev–Trinajstić information content (AvgIpc) is 2.07. The van der Waals surface area contributed by atoms with Crippen LogP contribution in [0.5, 0.6) is 0 Å². The smallest absolute Gasteiger partial charge is 0.0375 e. The minimum Gasteiger partial charge on any atom is -0.308 e. The van der Waals surface area contributed by atoms with E-state index in [4.69, 9.17) is 10.9 Å². The maximum Gasteiger partial charge on any atom is 0.0375 e. The summed E-state index contributed by atoms with van der Waals surface area (Å²) in [5.74, 6) is 0. The molecule has 0 spiro atoms. The Bertz CT molecular complexity index is 295. The van der Waals surface area contributed by atoms with Crippen molar-refractivity contribution >= 4 is 11.9 Å². The van der Waals surface area contributed by atoms with Crippen LogP contribution in [0.15, 0.2) is 29.4 Å². The lowest BCUT2D eigenvalue weighted by Gasteiger charge is -1.90. The third-order valence-electron chi connectivity index (χ3n) is 1.22. The van der Waals surface area contributed by atoms with Gasteiger partial charge in [-0.1, -0.05) is 29.4 Å². The van der Waals surface area contributed by atoms with Crippen molar-refractivity contribution in [1.82, 2.24) is 0 Å². The highest BCUT2D eigenvalue weighted by Crippen LogP contribution is 2.11. The summed E-state index contributed by atoms with van der Waals surface area (Å²) in [5, 5.41) is 10.3. The molecule has 0 aliphatic carbocycles. The molecule has 54 valence electrons. The summed E-state index contributed by atoms with van der Waals surface area (Å²) < 4.78 is 0. The maximum atomic E-state index is 8.06. The maximum absolute atomic E-state index is 8.06. The van der Waals surface area contributed by atoms with Gasteiger partial charge in [0.25, 0.3) is 0 Å². The molecule has 0 aromatic heterocycles. The Morgan fingerprint density at radius 1 is 1.36 bits per heavy atom. The molecule has 1 rings (SSSR count). The fraction of sp³-hybridized carbons (Fsp3) is 0. The van der Waals surface area contributed by atoms with Crippen molar-refractivity contribution in [3.8, 4) is 0 Å². The summed E-state index contributed by atoms with van der Waals surface area (Å²) in [6.45, 7) is 0. The Morgan fingerprint density at radius 2 is 2.00 bits per heavy atom. The average molecular weight is 146 g/mol. The van der Waals surface area contributed by atoms with Crippen molar-refractivity contribution in [3.05, 3.63) is 40.3 Å². The van der Waals surface area contributed by atoms with Crippen LogP contribution in [-0.2, 0) is 0 Å². The van der Waals surface area contributed by atoms with Crippen LogP contribution in [0.2, 0.25) is 0 Å². The molecule has 0 saturated heterocycles. The first-order chi connectivity index (χ1) is 5.36. The molecule has 0 aliphatic heterocycles. The minimum absolute atomic E-state index is 0.568. The number of benzene rings is 1. The zero-order valence-corrected chi connectivity index (χ0v) is 5.73. The van der Waals surface area contributed by atoms with Gasteiger partial charge in [0.1, 0.15) is 0 Å². The summed E-state index contributed by atoms with van der Waals surface area (Å²) in [7, 11) is 0. The number of nitrogens with one attached hydrogen (secondary N) is 1. The third-order valence-corrected chi connectivity index (χ3v) is 1.22. The van der Waals surface area contributed by atoms with Crippen LogP contribution in [-0.4, -0.2) is 6.21 Å². The molecule has 11 heavy (non-hydrogen) atoms. The summed E-state index contributed by atoms with van der Waals surface area (Å²) >= 11 is 0. The molecule has 0 heterocycles. The van der Waals surface area contributed by atoms with E-state index in [2.05, 4.69) is 10.0 Å². The molecule has 1 N–H and O–H groups in total. The lowest BCUT2D eigenvalue weighted by molar-refractivity contribution is 1.46. The second kappa shape index (κ2) is 3.39. The van der Waals surface area contributed by atoms with Gasteiger partial charge in [0.2, 0.25) is 0 Å². The first-order valence-corrected chi connectivity index (χ1v) is 3.02. The fourth-order valence-electron chi connectivity index (χ4n) is 0.689. The van der Waals surface area contributed by atoms with Gasteiger partial charge >= 0.3 is 0 Å². The van der Waals surface area contributed by atoms with Gasteiger partial charge in [-0.3, -0.25) is 0 Å². The Hall–Kier alpha value is -1.80. The number of rotatable bonds is 2. The van der Waals surface area contributed by atoms with Gasteiger partial charge in [-0.05, 0) is 11.1 Å². The number of hydrogen-bond donors (Lipinski definition) is 1. The minimum atomic E-state index is 0.568. The van der Waals surface area contributed by atoms with Crippen LogP contribution in [0.4, 0.5) is 5.69 Å². The van der Waals surface area contributed by atoms with Gasteiger partial charge in [0, 0.05) is 16.8 Å². The van der Waals surface area contributed by atoms with Crippen molar-refractivity contribution in [2.24, 2.45) is 5.11 Å². The molecule has 0 atom stereocenters. The zero-order valence-electron chi connectivity index (χ0n) is 5.73. The third kappa shape index (κ3) is 1.81.